The largest absolute Gasteiger partial charge is 0.391 e. The molecule has 0 aromatic heterocycles. The van der Waals surface area contributed by atoms with Gasteiger partial charge in [0.15, 0.2) is 0 Å². The molecule has 7 heteroatoms. The maximum absolute atomic E-state index is 12.9. The first-order valence-corrected chi connectivity index (χ1v) is 11.2. The number of rotatable bonds is 5. The van der Waals surface area contributed by atoms with Crippen LogP contribution in [0.1, 0.15) is 36.8 Å². The predicted octanol–water partition coefficient (Wildman–Crippen LogP) is 0.742. The number of β-amino-alcohol motifs (C(OH)–C–C–N with tert-alkyl or cyclic N) is 1. The van der Waals surface area contributed by atoms with Crippen molar-refractivity contribution in [1.82, 2.24) is 20.0 Å². The Balaban J connectivity index is 1.37. The lowest BCUT2D eigenvalue weighted by Crippen LogP contribution is -2.49. The van der Waals surface area contributed by atoms with Crippen molar-refractivity contribution in [3.8, 4) is 0 Å². The van der Waals surface area contributed by atoms with Crippen molar-refractivity contribution >= 4 is 11.8 Å². The first-order valence-electron chi connectivity index (χ1n) is 11.2. The summed E-state index contributed by atoms with van der Waals surface area (Å²) in [5.74, 6) is 0.215. The van der Waals surface area contributed by atoms with Gasteiger partial charge in [-0.25, -0.2) is 0 Å². The molecule has 1 aromatic rings. The molecule has 1 aromatic carbocycles. The number of aliphatic hydroxyl groups is 1. The molecule has 0 spiro atoms. The number of aliphatic hydroxyl groups excluding tert-OH is 1. The molecule has 2 amide bonds. The van der Waals surface area contributed by atoms with Gasteiger partial charge < -0.3 is 15.3 Å². The van der Waals surface area contributed by atoms with Gasteiger partial charge in [-0.2, -0.15) is 0 Å². The van der Waals surface area contributed by atoms with Gasteiger partial charge in [0, 0.05) is 51.2 Å². The zero-order chi connectivity index (χ0) is 21.3. The van der Waals surface area contributed by atoms with Crippen LogP contribution in [-0.4, -0.2) is 89.1 Å². The van der Waals surface area contributed by atoms with Crippen LogP contribution in [-0.2, 0) is 16.1 Å². The highest BCUT2D eigenvalue weighted by atomic mass is 16.3. The van der Waals surface area contributed by atoms with Crippen molar-refractivity contribution in [3.63, 3.8) is 0 Å². The van der Waals surface area contributed by atoms with E-state index in [-0.39, 0.29) is 36.0 Å². The standard InChI is InChI=1S/C23H34N4O3/c1-16-3-5-17(6-4-16)14-27-12-10-20-22(27)23(30)24-13-18(25(20)2)7-8-21(29)26-11-9-19(28)15-26/h3-6,18-20,22,28H,7-15H2,1-2H3,(H,24,30)/t18-,19+,20+,22-/m0/s1. The minimum Gasteiger partial charge on any atom is -0.391 e. The Labute approximate surface area is 179 Å². The fourth-order valence-corrected chi connectivity index (χ4v) is 5.17. The highest BCUT2D eigenvalue weighted by Gasteiger charge is 2.45. The molecule has 164 valence electrons. The van der Waals surface area contributed by atoms with Crippen LogP contribution < -0.4 is 5.32 Å². The minimum atomic E-state index is -0.382. The van der Waals surface area contributed by atoms with E-state index in [1.807, 2.05) is 0 Å². The third kappa shape index (κ3) is 4.53. The van der Waals surface area contributed by atoms with Crippen molar-refractivity contribution < 1.29 is 14.7 Å². The maximum Gasteiger partial charge on any atom is 0.239 e. The first kappa shape index (κ1) is 21.3. The molecule has 3 fully saturated rings. The number of amides is 2. The number of hydrogen-bond acceptors (Lipinski definition) is 5. The molecular weight excluding hydrogens is 380 g/mol. The molecule has 0 bridgehead atoms. The first-order chi connectivity index (χ1) is 14.4. The monoisotopic (exact) mass is 414 g/mol. The Morgan fingerprint density at radius 1 is 1.20 bits per heavy atom. The molecule has 0 aliphatic carbocycles. The van der Waals surface area contributed by atoms with Crippen LogP contribution in [0, 0.1) is 6.92 Å². The normalized spacial score (nSPS) is 30.2. The molecule has 0 unspecified atom stereocenters. The molecule has 3 saturated heterocycles. The molecule has 4 atom stereocenters. The number of nitrogens with zero attached hydrogens (tertiary/aromatic N) is 3. The number of benzene rings is 1. The van der Waals surface area contributed by atoms with E-state index in [0.717, 1.165) is 25.9 Å². The average molecular weight is 415 g/mol. The number of likely N-dealkylation sites (N-methyl/N-ethyl adjacent to an activating group) is 1. The van der Waals surface area contributed by atoms with E-state index in [1.54, 1.807) is 4.90 Å². The molecule has 30 heavy (non-hydrogen) atoms. The number of nitrogens with one attached hydrogen (secondary N) is 1. The summed E-state index contributed by atoms with van der Waals surface area (Å²) in [6.07, 6.45) is 2.44. The van der Waals surface area contributed by atoms with Crippen molar-refractivity contribution in [2.45, 2.75) is 63.4 Å². The van der Waals surface area contributed by atoms with Crippen LogP contribution in [0.15, 0.2) is 24.3 Å². The molecular formula is C23H34N4O3. The van der Waals surface area contributed by atoms with E-state index in [4.69, 9.17) is 0 Å². The zero-order valence-corrected chi connectivity index (χ0v) is 18.1. The minimum absolute atomic E-state index is 0.105. The fourth-order valence-electron chi connectivity index (χ4n) is 5.17. The summed E-state index contributed by atoms with van der Waals surface area (Å²) >= 11 is 0. The molecule has 7 nitrogen and oxygen atoms in total. The number of carbonyl (C=O) groups excluding carboxylic acids is 2. The zero-order valence-electron chi connectivity index (χ0n) is 18.1. The molecule has 2 N–H and O–H groups in total. The summed E-state index contributed by atoms with van der Waals surface area (Å²) in [6, 6.07) is 8.70. The lowest BCUT2D eigenvalue weighted by Gasteiger charge is -2.33. The van der Waals surface area contributed by atoms with E-state index in [0.29, 0.717) is 32.5 Å². The molecule has 3 aliphatic rings. The van der Waals surface area contributed by atoms with Gasteiger partial charge in [0.1, 0.15) is 6.04 Å². The molecule has 3 aliphatic heterocycles. The highest BCUT2D eigenvalue weighted by molar-refractivity contribution is 5.83. The molecule has 0 radical (unpaired) electrons. The Morgan fingerprint density at radius 2 is 1.97 bits per heavy atom. The number of carbonyl (C=O) groups is 2. The smallest absolute Gasteiger partial charge is 0.239 e. The van der Waals surface area contributed by atoms with Crippen LogP contribution >= 0.6 is 0 Å². The Bertz CT molecular complexity index is 768. The van der Waals surface area contributed by atoms with Gasteiger partial charge in [0.25, 0.3) is 0 Å². The predicted molar refractivity (Wildman–Crippen MR) is 115 cm³/mol. The van der Waals surface area contributed by atoms with Crippen molar-refractivity contribution in [2.24, 2.45) is 0 Å². The quantitative estimate of drug-likeness (QED) is 0.743. The highest BCUT2D eigenvalue weighted by Crippen LogP contribution is 2.28. The van der Waals surface area contributed by atoms with E-state index < -0.39 is 0 Å². The maximum atomic E-state index is 12.9. The van der Waals surface area contributed by atoms with Crippen LogP contribution in [0.4, 0.5) is 0 Å². The van der Waals surface area contributed by atoms with E-state index in [1.165, 1.54) is 11.1 Å². The van der Waals surface area contributed by atoms with E-state index in [2.05, 4.69) is 53.4 Å². The summed E-state index contributed by atoms with van der Waals surface area (Å²) in [5, 5.41) is 12.8. The topological polar surface area (TPSA) is 76.1 Å². The summed E-state index contributed by atoms with van der Waals surface area (Å²) in [7, 11) is 2.10. The van der Waals surface area contributed by atoms with Gasteiger partial charge in [-0.15, -0.1) is 0 Å². The van der Waals surface area contributed by atoms with Gasteiger partial charge in [0.2, 0.25) is 11.8 Å². The van der Waals surface area contributed by atoms with Gasteiger partial charge >= 0.3 is 0 Å². The summed E-state index contributed by atoms with van der Waals surface area (Å²) < 4.78 is 0. The second kappa shape index (κ2) is 9.04. The van der Waals surface area contributed by atoms with Gasteiger partial charge in [0.05, 0.1) is 6.10 Å². The van der Waals surface area contributed by atoms with Gasteiger partial charge in [-0.1, -0.05) is 29.8 Å². The lowest BCUT2D eigenvalue weighted by atomic mass is 10.0. The summed E-state index contributed by atoms with van der Waals surface area (Å²) in [4.78, 5) is 31.8. The summed E-state index contributed by atoms with van der Waals surface area (Å²) in [6.45, 7) is 5.45. The number of fused-ring (bicyclic) bond motifs is 1. The SMILES string of the molecule is Cc1ccc(CN2CC[C@@H]3[C@H]2C(=O)NC[C@H](CCC(=O)N2CC[C@@H](O)C2)N3C)cc1. The lowest BCUT2D eigenvalue weighted by molar-refractivity contribution is -0.131. The van der Waals surface area contributed by atoms with E-state index >= 15 is 0 Å². The van der Waals surface area contributed by atoms with E-state index in [9.17, 15) is 14.7 Å². The Hall–Kier alpha value is -1.96. The second-order valence-electron chi connectivity index (χ2n) is 9.14. The van der Waals surface area contributed by atoms with Gasteiger partial charge in [-0.3, -0.25) is 19.4 Å². The molecule has 3 heterocycles. The number of likely N-dealkylation sites (tertiary alicyclic amines) is 2. The number of aryl methyl sites for hydroxylation is 1. The molecule has 0 saturated carbocycles. The second-order valence-corrected chi connectivity index (χ2v) is 9.14. The number of hydrogen-bond donors (Lipinski definition) is 2. The van der Waals surface area contributed by atoms with Crippen molar-refractivity contribution in [2.75, 3.05) is 33.2 Å². The van der Waals surface area contributed by atoms with Crippen LogP contribution in [0.3, 0.4) is 0 Å². The fraction of sp³-hybridized carbons (Fsp3) is 0.652. The average Bonchev–Trinajstić information content (AvgIpc) is 3.32. The van der Waals surface area contributed by atoms with Crippen molar-refractivity contribution in [3.05, 3.63) is 35.4 Å². The van der Waals surface area contributed by atoms with Crippen LogP contribution in [0.25, 0.3) is 0 Å². The van der Waals surface area contributed by atoms with Crippen molar-refractivity contribution in [1.29, 1.82) is 0 Å². The van der Waals surface area contributed by atoms with Crippen LogP contribution in [0.2, 0.25) is 0 Å². The Kier molecular flexibility index (Phi) is 6.41. The molecule has 4 rings (SSSR count). The van der Waals surface area contributed by atoms with Crippen LogP contribution in [0.5, 0.6) is 0 Å². The van der Waals surface area contributed by atoms with Gasteiger partial charge in [-0.05, 0) is 38.8 Å². The summed E-state index contributed by atoms with van der Waals surface area (Å²) in [5.41, 5.74) is 2.47. The third-order valence-corrected chi connectivity index (χ3v) is 7.06. The Morgan fingerprint density at radius 3 is 2.67 bits per heavy atom. The third-order valence-electron chi connectivity index (χ3n) is 7.06.